The molecule has 0 saturated heterocycles. The molecular formula is C47H58N4O5. The van der Waals surface area contributed by atoms with E-state index in [1.807, 2.05) is 24.3 Å². The van der Waals surface area contributed by atoms with E-state index < -0.39 is 5.54 Å². The van der Waals surface area contributed by atoms with Crippen LogP contribution in [0.2, 0.25) is 0 Å². The normalized spacial score (nSPS) is 13.7. The number of fused-ring (bicyclic) bond motifs is 6. The van der Waals surface area contributed by atoms with Gasteiger partial charge in [0.05, 0.1) is 6.21 Å². The van der Waals surface area contributed by atoms with Crippen molar-refractivity contribution in [3.05, 3.63) is 107 Å². The number of ether oxygens (including phenoxy) is 2. The highest BCUT2D eigenvalue weighted by Crippen LogP contribution is 2.58. The molecule has 2 heterocycles. The zero-order valence-corrected chi connectivity index (χ0v) is 33.9. The van der Waals surface area contributed by atoms with Crippen molar-refractivity contribution >= 4 is 29.5 Å². The molecule has 0 fully saturated rings. The SMILES string of the molecule is CCCCCCCCCCCC(=O)Oc1ccc(/C=N/N2C(=O)c3ccccc3C23c2ccc(N(CC)CC)cc2Oc2cc(N(CC)CC)ccc23)c(O)c1. The number of amides is 1. The third-order valence-corrected chi connectivity index (χ3v) is 11.3. The first-order valence-electron chi connectivity index (χ1n) is 20.8. The molecule has 0 aliphatic carbocycles. The van der Waals surface area contributed by atoms with Crippen molar-refractivity contribution in [3.63, 3.8) is 0 Å². The molecule has 4 aromatic rings. The Morgan fingerprint density at radius 2 is 1.30 bits per heavy atom. The van der Waals surface area contributed by atoms with E-state index in [0.717, 1.165) is 73.5 Å². The van der Waals surface area contributed by atoms with Gasteiger partial charge in [0.1, 0.15) is 28.5 Å². The number of nitrogens with zero attached hydrogens (tertiary/aromatic N) is 4. The summed E-state index contributed by atoms with van der Waals surface area (Å²) < 4.78 is 12.4. The topological polar surface area (TPSA) is 94.9 Å². The quantitative estimate of drug-likeness (QED) is 0.0440. The lowest BCUT2D eigenvalue weighted by atomic mass is 9.75. The Kier molecular flexibility index (Phi) is 13.4. The maximum atomic E-state index is 14.5. The second-order valence-electron chi connectivity index (χ2n) is 14.7. The maximum absolute atomic E-state index is 14.5. The summed E-state index contributed by atoms with van der Waals surface area (Å²) in [4.78, 5) is 31.7. The van der Waals surface area contributed by atoms with Gasteiger partial charge in [0.15, 0.2) is 0 Å². The van der Waals surface area contributed by atoms with Crippen LogP contribution < -0.4 is 19.3 Å². The van der Waals surface area contributed by atoms with Crippen molar-refractivity contribution < 1.29 is 24.2 Å². The van der Waals surface area contributed by atoms with Crippen molar-refractivity contribution in [2.45, 2.75) is 104 Å². The van der Waals surface area contributed by atoms with E-state index in [1.54, 1.807) is 12.1 Å². The van der Waals surface area contributed by atoms with Crippen LogP contribution in [0.15, 0.2) is 84.0 Å². The van der Waals surface area contributed by atoms with E-state index in [4.69, 9.17) is 14.6 Å². The number of phenolic OH excluding ortho intramolecular Hbond substituents is 1. The zero-order chi connectivity index (χ0) is 39.7. The number of rotatable bonds is 19. The first kappa shape index (κ1) is 40.4. The van der Waals surface area contributed by atoms with Crippen molar-refractivity contribution in [1.82, 2.24) is 5.01 Å². The fraction of sp³-hybridized carbons (Fsp3) is 0.426. The maximum Gasteiger partial charge on any atom is 0.311 e. The Labute approximate surface area is 332 Å². The lowest BCUT2D eigenvalue weighted by Gasteiger charge is -2.42. The van der Waals surface area contributed by atoms with Gasteiger partial charge in [0.2, 0.25) is 0 Å². The third-order valence-electron chi connectivity index (χ3n) is 11.3. The molecule has 0 aromatic heterocycles. The summed E-state index contributed by atoms with van der Waals surface area (Å²) in [5.74, 6) is 0.876. The van der Waals surface area contributed by atoms with Gasteiger partial charge in [-0.1, -0.05) is 88.6 Å². The van der Waals surface area contributed by atoms with Gasteiger partial charge in [0, 0.05) is 90.0 Å². The van der Waals surface area contributed by atoms with E-state index in [0.29, 0.717) is 29.0 Å². The average molecular weight is 759 g/mol. The fourth-order valence-electron chi connectivity index (χ4n) is 8.22. The summed E-state index contributed by atoms with van der Waals surface area (Å²) >= 11 is 0. The van der Waals surface area contributed by atoms with Crippen LogP contribution in [0.5, 0.6) is 23.0 Å². The van der Waals surface area contributed by atoms with Crippen molar-refractivity contribution in [2.75, 3.05) is 36.0 Å². The zero-order valence-electron chi connectivity index (χ0n) is 33.9. The molecule has 9 heteroatoms. The summed E-state index contributed by atoms with van der Waals surface area (Å²) in [6.07, 6.45) is 12.3. The molecule has 9 nitrogen and oxygen atoms in total. The van der Waals surface area contributed by atoms with Gasteiger partial charge in [0.25, 0.3) is 5.91 Å². The Bertz CT molecular complexity index is 1960. The van der Waals surface area contributed by atoms with Gasteiger partial charge in [-0.25, -0.2) is 5.01 Å². The number of benzene rings is 4. The second kappa shape index (κ2) is 18.5. The van der Waals surface area contributed by atoms with E-state index in [-0.39, 0.29) is 23.4 Å². The number of carbonyl (C=O) groups excluding carboxylic acids is 2. The number of carbonyl (C=O) groups is 2. The van der Waals surface area contributed by atoms with Crippen LogP contribution in [0, 0.1) is 0 Å². The highest BCUT2D eigenvalue weighted by Gasteiger charge is 2.57. The van der Waals surface area contributed by atoms with Gasteiger partial charge in [-0.2, -0.15) is 5.10 Å². The van der Waals surface area contributed by atoms with Gasteiger partial charge < -0.3 is 24.4 Å². The first-order chi connectivity index (χ1) is 27.3. The predicted octanol–water partition coefficient (Wildman–Crippen LogP) is 10.8. The Morgan fingerprint density at radius 3 is 1.88 bits per heavy atom. The minimum absolute atomic E-state index is 0.110. The molecule has 1 spiro atoms. The average Bonchev–Trinajstić information content (AvgIpc) is 3.45. The van der Waals surface area contributed by atoms with Gasteiger partial charge >= 0.3 is 5.97 Å². The number of hydrogen-bond acceptors (Lipinski definition) is 8. The number of anilines is 2. The molecule has 0 radical (unpaired) electrons. The summed E-state index contributed by atoms with van der Waals surface area (Å²) in [6, 6.07) is 24.8. The summed E-state index contributed by atoms with van der Waals surface area (Å²) in [5.41, 5.74) is 4.22. The minimum Gasteiger partial charge on any atom is -0.507 e. The number of phenols is 1. The molecule has 1 amide bonds. The third kappa shape index (κ3) is 8.13. The van der Waals surface area contributed by atoms with E-state index >= 15 is 0 Å². The van der Waals surface area contributed by atoms with Crippen LogP contribution in [0.1, 0.15) is 131 Å². The van der Waals surface area contributed by atoms with Gasteiger partial charge in [-0.05, 0) is 64.4 Å². The Hall–Kier alpha value is -5.31. The minimum atomic E-state index is -1.16. The monoisotopic (exact) mass is 758 g/mol. The molecular weight excluding hydrogens is 701 g/mol. The number of hydrogen-bond donors (Lipinski definition) is 1. The fourth-order valence-corrected chi connectivity index (χ4v) is 8.22. The molecule has 2 aliphatic heterocycles. The lowest BCUT2D eigenvalue weighted by molar-refractivity contribution is -0.134. The van der Waals surface area contributed by atoms with Crippen LogP contribution in [0.25, 0.3) is 0 Å². The van der Waals surface area contributed by atoms with Crippen LogP contribution in [0.3, 0.4) is 0 Å². The highest BCUT2D eigenvalue weighted by atomic mass is 16.5. The molecule has 0 atom stereocenters. The molecule has 56 heavy (non-hydrogen) atoms. The van der Waals surface area contributed by atoms with Crippen molar-refractivity contribution in [2.24, 2.45) is 5.10 Å². The van der Waals surface area contributed by atoms with Crippen molar-refractivity contribution in [1.29, 1.82) is 0 Å². The Balaban J connectivity index is 1.30. The summed E-state index contributed by atoms with van der Waals surface area (Å²) in [6.45, 7) is 14.1. The number of aromatic hydroxyl groups is 1. The smallest absolute Gasteiger partial charge is 0.311 e. The molecule has 0 bridgehead atoms. The number of esters is 1. The van der Waals surface area contributed by atoms with E-state index in [2.05, 4.69) is 80.8 Å². The molecule has 1 N–H and O–H groups in total. The predicted molar refractivity (Wildman–Crippen MR) is 226 cm³/mol. The van der Waals surface area contributed by atoms with Gasteiger partial charge in [-0.15, -0.1) is 0 Å². The lowest BCUT2D eigenvalue weighted by Crippen LogP contribution is -2.44. The number of unbranched alkanes of at least 4 members (excludes halogenated alkanes) is 8. The van der Waals surface area contributed by atoms with E-state index in [1.165, 1.54) is 55.8 Å². The van der Waals surface area contributed by atoms with Gasteiger partial charge in [-0.3, -0.25) is 9.59 Å². The van der Waals surface area contributed by atoms with Crippen LogP contribution in [-0.2, 0) is 10.3 Å². The summed E-state index contributed by atoms with van der Waals surface area (Å²) in [7, 11) is 0. The highest BCUT2D eigenvalue weighted by molar-refractivity contribution is 6.03. The molecule has 296 valence electrons. The summed E-state index contributed by atoms with van der Waals surface area (Å²) in [5, 5.41) is 17.6. The second-order valence-corrected chi connectivity index (χ2v) is 14.7. The van der Waals surface area contributed by atoms with Crippen LogP contribution >= 0.6 is 0 Å². The largest absolute Gasteiger partial charge is 0.507 e. The van der Waals surface area contributed by atoms with Crippen molar-refractivity contribution in [3.8, 4) is 23.0 Å². The first-order valence-corrected chi connectivity index (χ1v) is 20.8. The van der Waals surface area contributed by atoms with Crippen LogP contribution in [0.4, 0.5) is 11.4 Å². The molecule has 0 unspecified atom stereocenters. The molecule has 2 aliphatic rings. The standard InChI is InChI=1S/C47H58N4O5/c1-6-11-12-13-14-15-16-17-18-23-45(53)55-37-27-24-34(42(52)32-37)33-48-51-46(54)38-21-19-20-22-39(38)47(51)40-28-25-35(49(7-2)8-3)30-43(40)56-44-31-36(26-29-41(44)47)50(9-4)10-5/h19-22,24-33,52H,6-18,23H2,1-5H3/b48-33+. The molecule has 0 saturated carbocycles. The van der Waals surface area contributed by atoms with Crippen LogP contribution in [-0.4, -0.2) is 54.4 Å². The van der Waals surface area contributed by atoms with E-state index in [9.17, 15) is 14.7 Å². The molecule has 4 aromatic carbocycles. The Morgan fingerprint density at radius 1 is 0.732 bits per heavy atom. The molecule has 6 rings (SSSR count). The number of hydrazone groups is 1.